The lowest BCUT2D eigenvalue weighted by Crippen LogP contribution is -2.13. The van der Waals surface area contributed by atoms with Crippen molar-refractivity contribution >= 4 is 48.4 Å². The van der Waals surface area contributed by atoms with E-state index in [0.29, 0.717) is 5.69 Å². The van der Waals surface area contributed by atoms with Crippen LogP contribution in [-0.4, -0.2) is 24.5 Å². The van der Waals surface area contributed by atoms with Crippen molar-refractivity contribution in [1.82, 2.24) is 4.98 Å². The van der Waals surface area contributed by atoms with Gasteiger partial charge < -0.3 is 5.11 Å². The minimum atomic E-state index is -3.74. The first-order valence-corrected chi connectivity index (χ1v) is 8.88. The topological polar surface area (TPSA) is 96.4 Å². The Hall–Kier alpha value is -1.45. The van der Waals surface area contributed by atoms with Crippen molar-refractivity contribution in [3.8, 4) is 0 Å². The number of halogens is 1. The van der Waals surface area contributed by atoms with E-state index in [1.54, 1.807) is 13.0 Å². The molecule has 0 fully saturated rings. The lowest BCUT2D eigenvalue weighted by atomic mass is 10.2. The van der Waals surface area contributed by atoms with Gasteiger partial charge >= 0.3 is 5.97 Å². The lowest BCUT2D eigenvalue weighted by Gasteiger charge is -2.06. The molecule has 21 heavy (non-hydrogen) atoms. The number of carboxylic acids is 1. The molecule has 0 spiro atoms. The fourth-order valence-electron chi connectivity index (χ4n) is 1.55. The minimum Gasteiger partial charge on any atom is -0.481 e. The molecule has 0 bridgehead atoms. The Morgan fingerprint density at radius 2 is 2.19 bits per heavy atom. The molecule has 0 unspecified atom stereocenters. The van der Waals surface area contributed by atoms with Crippen LogP contribution in [0.25, 0.3) is 0 Å². The normalized spacial score (nSPS) is 11.3. The van der Waals surface area contributed by atoms with Gasteiger partial charge in [-0.25, -0.2) is 13.4 Å². The van der Waals surface area contributed by atoms with Gasteiger partial charge in [0.2, 0.25) is 0 Å². The van der Waals surface area contributed by atoms with E-state index < -0.39 is 16.0 Å². The number of rotatable bonds is 5. The molecule has 6 nitrogen and oxygen atoms in total. The van der Waals surface area contributed by atoms with Gasteiger partial charge in [0.05, 0.1) is 17.0 Å². The van der Waals surface area contributed by atoms with E-state index in [2.05, 4.69) is 25.6 Å². The molecule has 0 aliphatic heterocycles. The second-order valence-electron chi connectivity index (χ2n) is 4.23. The highest BCUT2D eigenvalue weighted by molar-refractivity contribution is 9.10. The van der Waals surface area contributed by atoms with Crippen molar-refractivity contribution in [2.75, 3.05) is 4.72 Å². The number of aromatic nitrogens is 1. The van der Waals surface area contributed by atoms with Crippen LogP contribution in [0.5, 0.6) is 0 Å². The Morgan fingerprint density at radius 1 is 1.48 bits per heavy atom. The van der Waals surface area contributed by atoms with E-state index in [4.69, 9.17) is 5.11 Å². The third kappa shape index (κ3) is 4.02. The number of sulfonamides is 1. The number of carboxylic acid groups (broad SMARTS) is 1. The first-order valence-electron chi connectivity index (χ1n) is 5.73. The van der Waals surface area contributed by atoms with E-state index >= 15 is 0 Å². The van der Waals surface area contributed by atoms with Crippen molar-refractivity contribution in [2.24, 2.45) is 0 Å². The van der Waals surface area contributed by atoms with Crippen LogP contribution in [0.3, 0.4) is 0 Å². The summed E-state index contributed by atoms with van der Waals surface area (Å²) >= 11 is 4.35. The van der Waals surface area contributed by atoms with Crippen LogP contribution < -0.4 is 4.72 Å². The fourth-order valence-corrected chi connectivity index (χ4v) is 3.84. The van der Waals surface area contributed by atoms with Gasteiger partial charge in [-0.1, -0.05) is 15.9 Å². The minimum absolute atomic E-state index is 0.123. The predicted octanol–water partition coefficient (Wildman–Crippen LogP) is 2.64. The van der Waals surface area contributed by atoms with E-state index in [0.717, 1.165) is 21.4 Å². The highest BCUT2D eigenvalue weighted by Crippen LogP contribution is 2.23. The molecule has 0 aliphatic rings. The maximum atomic E-state index is 12.2. The first kappa shape index (κ1) is 15.9. The molecule has 112 valence electrons. The van der Waals surface area contributed by atoms with E-state index in [1.165, 1.54) is 17.5 Å². The van der Waals surface area contributed by atoms with Gasteiger partial charge in [-0.2, -0.15) is 0 Å². The van der Waals surface area contributed by atoms with Crippen molar-refractivity contribution < 1.29 is 18.3 Å². The average Bonchev–Trinajstić information content (AvgIpc) is 2.78. The molecule has 0 saturated heterocycles. The molecule has 0 saturated carbocycles. The summed E-state index contributed by atoms with van der Waals surface area (Å²) in [5, 5.41) is 10.3. The highest BCUT2D eigenvalue weighted by atomic mass is 79.9. The maximum Gasteiger partial charge on any atom is 0.309 e. The quantitative estimate of drug-likeness (QED) is 0.817. The number of aliphatic carboxylic acids is 1. The van der Waals surface area contributed by atoms with Gasteiger partial charge in [0.25, 0.3) is 10.0 Å². The molecule has 2 N–H and O–H groups in total. The molecular weight excluding hydrogens is 380 g/mol. The number of aryl methyl sites for hydroxylation is 1. The number of carbonyl (C=O) groups is 1. The molecule has 2 rings (SSSR count). The van der Waals surface area contributed by atoms with Crippen molar-refractivity contribution in [3.63, 3.8) is 0 Å². The third-order valence-electron chi connectivity index (χ3n) is 2.55. The summed E-state index contributed by atoms with van der Waals surface area (Å²) in [5.41, 5.74) is 1.11. The van der Waals surface area contributed by atoms with Crippen molar-refractivity contribution in [2.45, 2.75) is 18.2 Å². The Kier molecular flexibility index (Phi) is 4.64. The Balaban J connectivity index is 2.22. The zero-order valence-corrected chi connectivity index (χ0v) is 14.0. The van der Waals surface area contributed by atoms with Crippen LogP contribution in [0, 0.1) is 6.92 Å². The highest BCUT2D eigenvalue weighted by Gasteiger charge is 2.17. The van der Waals surface area contributed by atoms with Gasteiger partial charge in [0.1, 0.15) is 0 Å². The SMILES string of the molecule is Cc1cc(S(=O)(=O)Nc2nc(CC(=O)O)cs2)ccc1Br. The zero-order chi connectivity index (χ0) is 15.6. The molecule has 1 aromatic heterocycles. The van der Waals surface area contributed by atoms with Gasteiger partial charge in [-0.3, -0.25) is 9.52 Å². The van der Waals surface area contributed by atoms with Gasteiger partial charge in [-0.15, -0.1) is 11.3 Å². The number of benzene rings is 1. The molecule has 9 heteroatoms. The second kappa shape index (κ2) is 6.12. The van der Waals surface area contributed by atoms with Crippen molar-refractivity contribution in [1.29, 1.82) is 0 Å². The smallest absolute Gasteiger partial charge is 0.309 e. The molecule has 0 aliphatic carbocycles. The van der Waals surface area contributed by atoms with Gasteiger partial charge in [0, 0.05) is 9.85 Å². The van der Waals surface area contributed by atoms with E-state index in [-0.39, 0.29) is 16.4 Å². The van der Waals surface area contributed by atoms with E-state index in [9.17, 15) is 13.2 Å². The molecule has 1 heterocycles. The maximum absolute atomic E-state index is 12.2. The monoisotopic (exact) mass is 390 g/mol. The van der Waals surface area contributed by atoms with Crippen LogP contribution in [0.15, 0.2) is 32.9 Å². The molecule has 0 atom stereocenters. The average molecular weight is 391 g/mol. The largest absolute Gasteiger partial charge is 0.481 e. The first-order chi connectivity index (χ1) is 9.78. The van der Waals surface area contributed by atoms with Crippen LogP contribution in [-0.2, 0) is 21.2 Å². The summed E-state index contributed by atoms with van der Waals surface area (Å²) in [4.78, 5) is 14.6. The summed E-state index contributed by atoms with van der Waals surface area (Å²) < 4.78 is 27.6. The molecule has 2 aromatic rings. The van der Waals surface area contributed by atoms with Crippen LogP contribution in [0.2, 0.25) is 0 Å². The molecular formula is C12H11BrN2O4S2. The number of nitrogens with one attached hydrogen (secondary N) is 1. The number of hydrogen-bond donors (Lipinski definition) is 2. The number of nitrogens with zero attached hydrogens (tertiary/aromatic N) is 1. The summed E-state index contributed by atoms with van der Waals surface area (Å²) in [6.45, 7) is 1.79. The molecule has 0 radical (unpaired) electrons. The van der Waals surface area contributed by atoms with Crippen LogP contribution in [0.1, 0.15) is 11.3 Å². The summed E-state index contributed by atoms with van der Waals surface area (Å²) in [6.07, 6.45) is -0.240. The fraction of sp³-hybridized carbons (Fsp3) is 0.167. The van der Waals surface area contributed by atoms with Crippen LogP contribution in [0.4, 0.5) is 5.13 Å². The summed E-state index contributed by atoms with van der Waals surface area (Å²) in [5.74, 6) is -1.02. The Bertz CT molecular complexity index is 786. The van der Waals surface area contributed by atoms with Gasteiger partial charge in [0.15, 0.2) is 5.13 Å². The Labute approximate surface area is 134 Å². The second-order valence-corrected chi connectivity index (χ2v) is 7.63. The molecule has 0 amide bonds. The number of hydrogen-bond acceptors (Lipinski definition) is 5. The van der Waals surface area contributed by atoms with Crippen LogP contribution >= 0.6 is 27.3 Å². The summed E-state index contributed by atoms with van der Waals surface area (Å²) in [7, 11) is -3.74. The Morgan fingerprint density at radius 3 is 2.81 bits per heavy atom. The van der Waals surface area contributed by atoms with E-state index in [1.807, 2.05) is 0 Å². The molecule has 1 aromatic carbocycles. The lowest BCUT2D eigenvalue weighted by molar-refractivity contribution is -0.136. The van der Waals surface area contributed by atoms with Crippen molar-refractivity contribution in [3.05, 3.63) is 39.3 Å². The summed E-state index contributed by atoms with van der Waals surface area (Å²) in [6, 6.07) is 4.67. The standard InChI is InChI=1S/C12H11BrN2O4S2/c1-7-4-9(2-3-10(7)13)21(18,19)15-12-14-8(6-20-12)5-11(16)17/h2-4,6H,5H2,1H3,(H,14,15)(H,16,17). The zero-order valence-electron chi connectivity index (χ0n) is 10.8. The number of thiazole rings is 1. The predicted molar refractivity (Wildman–Crippen MR) is 83.1 cm³/mol. The number of anilines is 1. The third-order valence-corrected chi connectivity index (χ3v) is 5.71. The van der Waals surface area contributed by atoms with Gasteiger partial charge in [-0.05, 0) is 30.7 Å².